The Kier molecular flexibility index (Phi) is 2.14. The first-order valence-corrected chi connectivity index (χ1v) is 6.01. The molecule has 0 aromatic heterocycles. The Bertz CT molecular complexity index is 300. The molecule has 0 saturated carbocycles. The van der Waals surface area contributed by atoms with Gasteiger partial charge in [0.2, 0.25) is 11.8 Å². The molecule has 0 aromatic carbocycles. The Morgan fingerprint density at radius 3 is 2.50 bits per heavy atom. The summed E-state index contributed by atoms with van der Waals surface area (Å²) in [5, 5.41) is 2.42. The predicted octanol–water partition coefficient (Wildman–Crippen LogP) is 1.18. The third-order valence-electron chi connectivity index (χ3n) is 2.92. The maximum atomic E-state index is 11.7. The molecule has 0 bridgehead atoms. The molecule has 1 atom stereocenters. The van der Waals surface area contributed by atoms with Gasteiger partial charge in [-0.25, -0.2) is 0 Å². The summed E-state index contributed by atoms with van der Waals surface area (Å²) in [5.41, 5.74) is -0.228. The standard InChI is InChI=1S/C10H15NO2S/c1-9(2)4-10(6-14-5-9)3-7(12)11-8(10)13/h3-6H2,1-2H3,(H,11,12,13). The molecule has 2 aliphatic heterocycles. The third-order valence-corrected chi connectivity index (χ3v) is 4.66. The van der Waals surface area contributed by atoms with Crippen molar-refractivity contribution in [3.63, 3.8) is 0 Å². The molecular formula is C10H15NO2S. The molecule has 1 N–H and O–H groups in total. The molecule has 14 heavy (non-hydrogen) atoms. The van der Waals surface area contributed by atoms with Gasteiger partial charge in [0, 0.05) is 12.2 Å². The number of amides is 2. The number of thioether (sulfide) groups is 1. The average Bonchev–Trinajstić information content (AvgIpc) is 2.24. The third kappa shape index (κ3) is 1.56. The molecule has 2 fully saturated rings. The molecule has 2 aliphatic rings. The molecule has 0 aromatic rings. The highest BCUT2D eigenvalue weighted by Gasteiger charge is 2.51. The van der Waals surface area contributed by atoms with Gasteiger partial charge in [-0.15, -0.1) is 0 Å². The quantitative estimate of drug-likeness (QED) is 0.615. The number of imide groups is 1. The molecule has 1 unspecified atom stereocenters. The molecule has 4 heteroatoms. The van der Waals surface area contributed by atoms with Gasteiger partial charge in [0.25, 0.3) is 0 Å². The SMILES string of the molecule is CC1(C)CSCC2(CC(=O)NC2=O)C1. The van der Waals surface area contributed by atoms with Crippen molar-refractivity contribution >= 4 is 23.6 Å². The highest BCUT2D eigenvalue weighted by molar-refractivity contribution is 7.99. The van der Waals surface area contributed by atoms with Gasteiger partial charge in [-0.3, -0.25) is 14.9 Å². The maximum absolute atomic E-state index is 11.7. The van der Waals surface area contributed by atoms with Crippen molar-refractivity contribution in [2.75, 3.05) is 11.5 Å². The van der Waals surface area contributed by atoms with Crippen molar-refractivity contribution in [1.29, 1.82) is 0 Å². The Morgan fingerprint density at radius 2 is 2.00 bits per heavy atom. The van der Waals surface area contributed by atoms with Gasteiger partial charge in [0.1, 0.15) is 0 Å². The first-order chi connectivity index (χ1) is 6.44. The molecule has 0 aliphatic carbocycles. The largest absolute Gasteiger partial charge is 0.296 e. The normalized spacial score (nSPS) is 36.1. The van der Waals surface area contributed by atoms with Gasteiger partial charge in [-0.05, 0) is 17.6 Å². The predicted molar refractivity (Wildman–Crippen MR) is 55.9 cm³/mol. The second-order valence-electron chi connectivity index (χ2n) is 5.17. The van der Waals surface area contributed by atoms with Gasteiger partial charge in [0.15, 0.2) is 0 Å². The lowest BCUT2D eigenvalue weighted by Crippen LogP contribution is -2.42. The van der Waals surface area contributed by atoms with E-state index in [9.17, 15) is 9.59 Å². The lowest BCUT2D eigenvalue weighted by Gasteiger charge is -2.39. The molecular weight excluding hydrogens is 198 g/mol. The van der Waals surface area contributed by atoms with Gasteiger partial charge < -0.3 is 0 Å². The van der Waals surface area contributed by atoms with Gasteiger partial charge in [-0.2, -0.15) is 11.8 Å². The summed E-state index contributed by atoms with van der Waals surface area (Å²) in [6, 6.07) is 0. The van der Waals surface area contributed by atoms with E-state index >= 15 is 0 Å². The highest BCUT2D eigenvalue weighted by atomic mass is 32.2. The fraction of sp³-hybridized carbons (Fsp3) is 0.800. The number of carbonyl (C=O) groups excluding carboxylic acids is 2. The number of nitrogens with one attached hydrogen (secondary N) is 1. The number of carbonyl (C=O) groups is 2. The van der Waals surface area contributed by atoms with Crippen LogP contribution in [0.15, 0.2) is 0 Å². The van der Waals surface area contributed by atoms with E-state index in [-0.39, 0.29) is 17.2 Å². The molecule has 2 rings (SSSR count). The first-order valence-electron chi connectivity index (χ1n) is 4.86. The van der Waals surface area contributed by atoms with Crippen LogP contribution in [-0.4, -0.2) is 23.3 Å². The minimum atomic E-state index is -0.399. The zero-order valence-electron chi connectivity index (χ0n) is 8.55. The van der Waals surface area contributed by atoms with Crippen LogP contribution in [0, 0.1) is 10.8 Å². The van der Waals surface area contributed by atoms with E-state index in [4.69, 9.17) is 0 Å². The second-order valence-corrected chi connectivity index (χ2v) is 6.15. The molecule has 1 spiro atoms. The van der Waals surface area contributed by atoms with Crippen LogP contribution in [0.5, 0.6) is 0 Å². The minimum absolute atomic E-state index is 0.0530. The van der Waals surface area contributed by atoms with Crippen LogP contribution in [-0.2, 0) is 9.59 Å². The summed E-state index contributed by atoms with van der Waals surface area (Å²) in [5.74, 6) is 1.72. The van der Waals surface area contributed by atoms with Crippen molar-refractivity contribution in [1.82, 2.24) is 5.32 Å². The molecule has 2 amide bonds. The van der Waals surface area contributed by atoms with Crippen molar-refractivity contribution < 1.29 is 9.59 Å². The summed E-state index contributed by atoms with van der Waals surface area (Å²) >= 11 is 1.79. The van der Waals surface area contributed by atoms with E-state index in [0.717, 1.165) is 17.9 Å². The molecule has 3 nitrogen and oxygen atoms in total. The number of hydrogen-bond acceptors (Lipinski definition) is 3. The summed E-state index contributed by atoms with van der Waals surface area (Å²) in [4.78, 5) is 22.9. The monoisotopic (exact) mass is 213 g/mol. The summed E-state index contributed by atoms with van der Waals surface area (Å²) in [6.45, 7) is 4.33. The Balaban J connectivity index is 2.24. The Morgan fingerprint density at radius 1 is 1.29 bits per heavy atom. The fourth-order valence-corrected chi connectivity index (χ4v) is 3.97. The number of hydrogen-bond donors (Lipinski definition) is 1. The topological polar surface area (TPSA) is 46.2 Å². The van der Waals surface area contributed by atoms with Crippen LogP contribution in [0.25, 0.3) is 0 Å². The second kappa shape index (κ2) is 2.99. The zero-order chi connectivity index (χ0) is 10.4. The van der Waals surface area contributed by atoms with E-state index in [1.54, 1.807) is 11.8 Å². The Hall–Kier alpha value is -0.510. The van der Waals surface area contributed by atoms with Crippen LogP contribution in [0.2, 0.25) is 0 Å². The zero-order valence-corrected chi connectivity index (χ0v) is 9.37. The molecule has 2 heterocycles. The first kappa shape index (κ1) is 10.0. The summed E-state index contributed by atoms with van der Waals surface area (Å²) in [6.07, 6.45) is 1.23. The van der Waals surface area contributed by atoms with Crippen LogP contribution < -0.4 is 5.32 Å². The van der Waals surface area contributed by atoms with Gasteiger partial charge in [0.05, 0.1) is 5.41 Å². The highest BCUT2D eigenvalue weighted by Crippen LogP contribution is 2.47. The van der Waals surface area contributed by atoms with Crippen molar-refractivity contribution in [2.24, 2.45) is 10.8 Å². The maximum Gasteiger partial charge on any atom is 0.234 e. The summed E-state index contributed by atoms with van der Waals surface area (Å²) < 4.78 is 0. The lowest BCUT2D eigenvalue weighted by atomic mass is 9.73. The number of rotatable bonds is 0. The minimum Gasteiger partial charge on any atom is -0.296 e. The van der Waals surface area contributed by atoms with E-state index in [0.29, 0.717) is 6.42 Å². The average molecular weight is 213 g/mol. The lowest BCUT2D eigenvalue weighted by molar-refractivity contribution is -0.129. The van der Waals surface area contributed by atoms with Crippen LogP contribution in [0.4, 0.5) is 0 Å². The van der Waals surface area contributed by atoms with E-state index in [1.165, 1.54) is 0 Å². The van der Waals surface area contributed by atoms with Crippen molar-refractivity contribution in [3.05, 3.63) is 0 Å². The van der Waals surface area contributed by atoms with Gasteiger partial charge >= 0.3 is 0 Å². The fourth-order valence-electron chi connectivity index (χ4n) is 2.49. The summed E-state index contributed by atoms with van der Waals surface area (Å²) in [7, 11) is 0. The van der Waals surface area contributed by atoms with Crippen LogP contribution in [0.1, 0.15) is 26.7 Å². The van der Waals surface area contributed by atoms with E-state index in [2.05, 4.69) is 19.2 Å². The van der Waals surface area contributed by atoms with E-state index in [1.807, 2.05) is 0 Å². The molecule has 0 radical (unpaired) electrons. The smallest absolute Gasteiger partial charge is 0.234 e. The Labute approximate surface area is 88.0 Å². The van der Waals surface area contributed by atoms with Crippen LogP contribution >= 0.6 is 11.8 Å². The molecule has 78 valence electrons. The van der Waals surface area contributed by atoms with Crippen LogP contribution in [0.3, 0.4) is 0 Å². The van der Waals surface area contributed by atoms with Crippen molar-refractivity contribution in [2.45, 2.75) is 26.7 Å². The van der Waals surface area contributed by atoms with E-state index < -0.39 is 5.41 Å². The molecule has 2 saturated heterocycles. The van der Waals surface area contributed by atoms with Gasteiger partial charge in [-0.1, -0.05) is 13.8 Å². The van der Waals surface area contributed by atoms with Crippen molar-refractivity contribution in [3.8, 4) is 0 Å².